The van der Waals surface area contributed by atoms with E-state index >= 15 is 0 Å². The minimum Gasteiger partial charge on any atom is -0.375 e. The highest BCUT2D eigenvalue weighted by atomic mass is 16.1. The number of aryl methyl sites for hydroxylation is 1. The molecular weight excluding hydrogens is 358 g/mol. The number of H-pyrrole nitrogens is 1. The van der Waals surface area contributed by atoms with Crippen molar-refractivity contribution in [1.29, 1.82) is 0 Å². The topological polar surface area (TPSA) is 55.6 Å². The van der Waals surface area contributed by atoms with E-state index in [0.717, 1.165) is 29.1 Å². The standard InChI is InChI=1S/C25H23N3O/c1-16-8-10-17(11-9-16)19-13-22-24(23(29)14-19)25(18-5-4-12-26-15-18)28-21-7-3-2-6-20(21)27-22/h2-12,15,19,24-25,28H,13-14H2,1H3/p+1. The zero-order valence-corrected chi connectivity index (χ0v) is 16.4. The Morgan fingerprint density at radius 3 is 2.59 bits per heavy atom. The summed E-state index contributed by atoms with van der Waals surface area (Å²) in [6.45, 7) is 2.09. The number of anilines is 1. The number of Topliss-reactive ketones (excluding diaryl/α,β-unsaturated/α-hetero) is 1. The van der Waals surface area contributed by atoms with Crippen LogP contribution in [0.3, 0.4) is 0 Å². The van der Waals surface area contributed by atoms with E-state index in [2.05, 4.69) is 47.6 Å². The van der Waals surface area contributed by atoms with Crippen molar-refractivity contribution in [1.82, 2.24) is 0 Å². The van der Waals surface area contributed by atoms with Crippen molar-refractivity contribution in [2.75, 3.05) is 5.32 Å². The molecule has 1 aromatic heterocycles. The second-order valence-electron chi connectivity index (χ2n) is 8.04. The molecule has 4 nitrogen and oxygen atoms in total. The number of hydrogen-bond acceptors (Lipinski definition) is 3. The Balaban J connectivity index is 1.58. The minimum absolute atomic E-state index is 0.124. The van der Waals surface area contributed by atoms with Crippen molar-refractivity contribution in [3.8, 4) is 0 Å². The van der Waals surface area contributed by atoms with Gasteiger partial charge in [0.25, 0.3) is 0 Å². The number of benzene rings is 2. The Bertz CT molecular complexity index is 1070. The summed E-state index contributed by atoms with van der Waals surface area (Å²) < 4.78 is 0. The first-order valence-electron chi connectivity index (χ1n) is 10.2. The van der Waals surface area contributed by atoms with E-state index in [4.69, 9.17) is 4.99 Å². The van der Waals surface area contributed by atoms with Crippen LogP contribution in [0.25, 0.3) is 0 Å². The van der Waals surface area contributed by atoms with Crippen LogP contribution in [-0.4, -0.2) is 11.5 Å². The first-order chi connectivity index (χ1) is 14.2. The number of hydrogen-bond donors (Lipinski definition) is 1. The summed E-state index contributed by atoms with van der Waals surface area (Å²) in [6, 6.07) is 20.5. The van der Waals surface area contributed by atoms with Crippen molar-refractivity contribution in [3.63, 3.8) is 0 Å². The number of para-hydroxylation sites is 2. The van der Waals surface area contributed by atoms with Gasteiger partial charge in [0.05, 0.1) is 23.3 Å². The van der Waals surface area contributed by atoms with Gasteiger partial charge in [0.15, 0.2) is 12.4 Å². The van der Waals surface area contributed by atoms with Crippen LogP contribution < -0.4 is 10.3 Å². The summed E-state index contributed by atoms with van der Waals surface area (Å²) in [6.07, 6.45) is 5.22. The quantitative estimate of drug-likeness (QED) is 0.691. The van der Waals surface area contributed by atoms with Crippen LogP contribution in [0.4, 0.5) is 11.4 Å². The van der Waals surface area contributed by atoms with Crippen molar-refractivity contribution in [2.24, 2.45) is 10.9 Å². The number of aromatic amines is 1. The van der Waals surface area contributed by atoms with Crippen molar-refractivity contribution in [3.05, 3.63) is 89.7 Å². The van der Waals surface area contributed by atoms with E-state index in [0.29, 0.717) is 6.42 Å². The Morgan fingerprint density at radius 2 is 1.79 bits per heavy atom. The van der Waals surface area contributed by atoms with E-state index < -0.39 is 0 Å². The molecule has 2 aromatic carbocycles. The molecule has 0 spiro atoms. The van der Waals surface area contributed by atoms with E-state index in [-0.39, 0.29) is 23.7 Å². The molecule has 0 radical (unpaired) electrons. The van der Waals surface area contributed by atoms with Gasteiger partial charge < -0.3 is 5.32 Å². The van der Waals surface area contributed by atoms with Crippen LogP contribution in [-0.2, 0) is 4.79 Å². The molecule has 5 rings (SSSR count). The summed E-state index contributed by atoms with van der Waals surface area (Å²) >= 11 is 0. The predicted octanol–water partition coefficient (Wildman–Crippen LogP) is 4.81. The molecule has 1 aliphatic carbocycles. The molecule has 0 saturated heterocycles. The highest BCUT2D eigenvalue weighted by Crippen LogP contribution is 2.43. The zero-order valence-electron chi connectivity index (χ0n) is 16.4. The highest BCUT2D eigenvalue weighted by molar-refractivity contribution is 6.10. The van der Waals surface area contributed by atoms with Crippen LogP contribution >= 0.6 is 0 Å². The fourth-order valence-corrected chi connectivity index (χ4v) is 4.55. The van der Waals surface area contributed by atoms with Gasteiger partial charge in [-0.2, -0.15) is 0 Å². The second-order valence-corrected chi connectivity index (χ2v) is 8.04. The molecule has 1 aliphatic heterocycles. The zero-order chi connectivity index (χ0) is 19.8. The van der Waals surface area contributed by atoms with Crippen molar-refractivity contribution in [2.45, 2.75) is 31.7 Å². The monoisotopic (exact) mass is 382 g/mol. The van der Waals surface area contributed by atoms with Gasteiger partial charge in [-0.05, 0) is 43.0 Å². The van der Waals surface area contributed by atoms with Crippen LogP contribution in [0.1, 0.15) is 41.5 Å². The fraction of sp³-hybridized carbons (Fsp3) is 0.240. The Morgan fingerprint density at radius 1 is 0.966 bits per heavy atom. The SMILES string of the molecule is Cc1ccc(C2CC(=O)C3C(=Nc4ccccc4NC3c3ccc[nH+]c3)C2)cc1. The normalized spacial score (nSPS) is 23.3. The molecule has 3 unspecified atom stereocenters. The predicted molar refractivity (Wildman–Crippen MR) is 115 cm³/mol. The van der Waals surface area contributed by atoms with Gasteiger partial charge in [0.1, 0.15) is 5.78 Å². The molecule has 2 N–H and O–H groups in total. The fourth-order valence-electron chi connectivity index (χ4n) is 4.55. The Hall–Kier alpha value is -3.27. The first-order valence-corrected chi connectivity index (χ1v) is 10.2. The summed E-state index contributed by atoms with van der Waals surface area (Å²) in [5, 5.41) is 3.61. The van der Waals surface area contributed by atoms with Gasteiger partial charge in [0, 0.05) is 23.8 Å². The molecule has 1 saturated carbocycles. The molecule has 4 heteroatoms. The number of nitrogens with zero attached hydrogens (tertiary/aromatic N) is 1. The Kier molecular flexibility index (Phi) is 4.47. The van der Waals surface area contributed by atoms with Gasteiger partial charge in [0.2, 0.25) is 0 Å². The number of pyridine rings is 1. The van der Waals surface area contributed by atoms with Gasteiger partial charge in [-0.1, -0.05) is 42.0 Å². The maximum absolute atomic E-state index is 13.4. The number of carbonyl (C=O) groups excluding carboxylic acids is 1. The van der Waals surface area contributed by atoms with Gasteiger partial charge in [-0.3, -0.25) is 9.79 Å². The smallest absolute Gasteiger partial charge is 0.172 e. The molecule has 2 aliphatic rings. The third kappa shape index (κ3) is 3.35. The maximum Gasteiger partial charge on any atom is 0.172 e. The molecule has 2 heterocycles. The lowest BCUT2D eigenvalue weighted by atomic mass is 9.72. The molecule has 1 fully saturated rings. The van der Waals surface area contributed by atoms with E-state index in [9.17, 15) is 4.79 Å². The molecule has 144 valence electrons. The lowest BCUT2D eigenvalue weighted by Gasteiger charge is -2.33. The lowest BCUT2D eigenvalue weighted by molar-refractivity contribution is -0.378. The first kappa shape index (κ1) is 17.8. The van der Waals surface area contributed by atoms with Gasteiger partial charge in [-0.15, -0.1) is 0 Å². The largest absolute Gasteiger partial charge is 0.375 e. The molecule has 0 bridgehead atoms. The van der Waals surface area contributed by atoms with E-state index in [1.165, 1.54) is 11.1 Å². The number of carbonyl (C=O) groups is 1. The van der Waals surface area contributed by atoms with Crippen molar-refractivity contribution >= 4 is 22.9 Å². The summed E-state index contributed by atoms with van der Waals surface area (Å²) in [7, 11) is 0. The van der Waals surface area contributed by atoms with Gasteiger partial charge >= 0.3 is 0 Å². The maximum atomic E-state index is 13.4. The second kappa shape index (κ2) is 7.28. The number of fused-ring (bicyclic) bond motifs is 2. The summed E-state index contributed by atoms with van der Waals surface area (Å²) in [4.78, 5) is 21.6. The molecule has 0 amide bonds. The number of ketones is 1. The molecule has 3 atom stereocenters. The average Bonchev–Trinajstić information content (AvgIpc) is 2.92. The minimum atomic E-state index is -0.250. The van der Waals surface area contributed by atoms with Crippen LogP contribution in [0.5, 0.6) is 0 Å². The van der Waals surface area contributed by atoms with Crippen molar-refractivity contribution < 1.29 is 9.78 Å². The van der Waals surface area contributed by atoms with Crippen LogP contribution in [0.2, 0.25) is 0 Å². The number of nitrogens with one attached hydrogen (secondary N) is 2. The van der Waals surface area contributed by atoms with E-state index in [1.807, 2.05) is 42.7 Å². The van der Waals surface area contributed by atoms with Crippen LogP contribution in [0, 0.1) is 12.8 Å². The van der Waals surface area contributed by atoms with Crippen LogP contribution in [0.15, 0.2) is 78.0 Å². The summed E-state index contributed by atoms with van der Waals surface area (Å²) in [5.41, 5.74) is 6.40. The number of aromatic nitrogens is 1. The Labute approximate surface area is 170 Å². The third-order valence-corrected chi connectivity index (χ3v) is 6.06. The molecule has 29 heavy (non-hydrogen) atoms. The number of rotatable bonds is 2. The average molecular weight is 382 g/mol. The summed E-state index contributed by atoms with van der Waals surface area (Å²) in [5.74, 6) is 0.195. The lowest BCUT2D eigenvalue weighted by Crippen LogP contribution is -2.39. The molecule has 3 aromatic rings. The number of aliphatic imine (C=N–C) groups is 1. The third-order valence-electron chi connectivity index (χ3n) is 6.06. The molecular formula is C25H24N3O+. The van der Waals surface area contributed by atoms with E-state index in [1.54, 1.807) is 0 Å². The van der Waals surface area contributed by atoms with Gasteiger partial charge in [-0.25, -0.2) is 4.98 Å². The highest BCUT2D eigenvalue weighted by Gasteiger charge is 2.42.